The van der Waals surface area contributed by atoms with Crippen LogP contribution in [0, 0.1) is 6.92 Å². The van der Waals surface area contributed by atoms with Gasteiger partial charge in [-0.2, -0.15) is 0 Å². The number of hydrogen-bond donors (Lipinski definition) is 1. The van der Waals surface area contributed by atoms with Gasteiger partial charge in [-0.05, 0) is 43.1 Å². The highest BCUT2D eigenvalue weighted by Crippen LogP contribution is 2.34. The molecule has 0 saturated carbocycles. The second-order valence-electron chi connectivity index (χ2n) is 4.75. The molecule has 0 atom stereocenters. The van der Waals surface area contributed by atoms with Crippen molar-refractivity contribution in [1.82, 2.24) is 5.16 Å². The van der Waals surface area contributed by atoms with Crippen LogP contribution in [0.25, 0.3) is 11.0 Å². The topological polar surface area (TPSA) is 56.5 Å². The minimum Gasteiger partial charge on any atom is -0.497 e. The molecule has 0 radical (unpaired) electrons. The zero-order valence-electron chi connectivity index (χ0n) is 12.5. The van der Waals surface area contributed by atoms with Crippen molar-refractivity contribution in [2.75, 3.05) is 18.9 Å². The molecule has 0 saturated heterocycles. The highest BCUT2D eigenvalue weighted by molar-refractivity contribution is 8.00. The fourth-order valence-corrected chi connectivity index (χ4v) is 2.82. The van der Waals surface area contributed by atoms with Gasteiger partial charge >= 0.3 is 0 Å². The molecule has 22 heavy (non-hydrogen) atoms. The predicted octanol–water partition coefficient (Wildman–Crippen LogP) is 4.27. The van der Waals surface area contributed by atoms with Gasteiger partial charge < -0.3 is 18.7 Å². The molecule has 3 rings (SSSR count). The van der Waals surface area contributed by atoms with Crippen molar-refractivity contribution in [2.45, 2.75) is 11.8 Å². The molecule has 0 aliphatic rings. The predicted molar refractivity (Wildman–Crippen MR) is 87.8 cm³/mol. The Hall–Kier alpha value is -2.34. The summed E-state index contributed by atoms with van der Waals surface area (Å²) in [7, 11) is 3.26. The molecule has 0 aliphatic heterocycles. The lowest BCUT2D eigenvalue weighted by molar-refractivity contribution is 0.387. The van der Waals surface area contributed by atoms with Crippen molar-refractivity contribution in [1.29, 1.82) is 0 Å². The number of methoxy groups -OCH3 is 2. The van der Waals surface area contributed by atoms with E-state index >= 15 is 0 Å². The maximum Gasteiger partial charge on any atom is 0.187 e. The van der Waals surface area contributed by atoms with Gasteiger partial charge in [0.15, 0.2) is 11.4 Å². The third-order valence-electron chi connectivity index (χ3n) is 3.25. The average molecular weight is 316 g/mol. The molecule has 5 nitrogen and oxygen atoms in total. The quantitative estimate of drug-likeness (QED) is 0.709. The van der Waals surface area contributed by atoms with Crippen LogP contribution < -0.4 is 14.2 Å². The number of aromatic nitrogens is 1. The van der Waals surface area contributed by atoms with Gasteiger partial charge in [0.25, 0.3) is 0 Å². The summed E-state index contributed by atoms with van der Waals surface area (Å²) in [5.41, 5.74) is 1.92. The second-order valence-corrected chi connectivity index (χ2v) is 5.60. The summed E-state index contributed by atoms with van der Waals surface area (Å²) >= 11 is 1.42. The number of rotatable bonds is 5. The lowest BCUT2D eigenvalue weighted by Crippen LogP contribution is -1.92. The Morgan fingerprint density at radius 2 is 1.95 bits per heavy atom. The fraction of sp³-hybridized carbons (Fsp3) is 0.188. The van der Waals surface area contributed by atoms with E-state index in [1.807, 2.05) is 43.3 Å². The molecule has 0 amide bonds. The van der Waals surface area contributed by atoms with Crippen molar-refractivity contribution in [2.24, 2.45) is 0 Å². The summed E-state index contributed by atoms with van der Waals surface area (Å²) in [5.74, 6) is 2.19. The highest BCUT2D eigenvalue weighted by atomic mass is 32.2. The van der Waals surface area contributed by atoms with Gasteiger partial charge in [-0.3, -0.25) is 0 Å². The molecule has 0 bridgehead atoms. The van der Waals surface area contributed by atoms with Crippen LogP contribution >= 0.6 is 11.9 Å². The number of fused-ring (bicyclic) bond motifs is 1. The van der Waals surface area contributed by atoms with E-state index in [2.05, 4.69) is 9.88 Å². The Balaban J connectivity index is 1.83. The molecule has 3 aromatic rings. The van der Waals surface area contributed by atoms with E-state index in [0.717, 1.165) is 32.9 Å². The van der Waals surface area contributed by atoms with Crippen LogP contribution in [0.1, 0.15) is 5.56 Å². The van der Waals surface area contributed by atoms with Crippen LogP contribution in [-0.2, 0) is 0 Å². The van der Waals surface area contributed by atoms with Crippen LogP contribution in [0.5, 0.6) is 11.5 Å². The van der Waals surface area contributed by atoms with Crippen molar-refractivity contribution < 1.29 is 14.0 Å². The minimum absolute atomic E-state index is 0.696. The molecule has 114 valence electrons. The van der Waals surface area contributed by atoms with E-state index in [1.165, 1.54) is 11.9 Å². The molecular formula is C16H16N2O3S. The summed E-state index contributed by atoms with van der Waals surface area (Å²) in [4.78, 5) is 0.937. The SMILES string of the molecule is COc1ccc(SNc2noc3ccc(C)cc23)c(OC)c1. The highest BCUT2D eigenvalue weighted by Gasteiger charge is 2.11. The van der Waals surface area contributed by atoms with E-state index in [1.54, 1.807) is 14.2 Å². The summed E-state index contributed by atoms with van der Waals surface area (Å²) < 4.78 is 19.1. The summed E-state index contributed by atoms with van der Waals surface area (Å²) in [6.07, 6.45) is 0. The van der Waals surface area contributed by atoms with Gasteiger partial charge in [0.1, 0.15) is 11.5 Å². The first-order valence-corrected chi connectivity index (χ1v) is 7.54. The van der Waals surface area contributed by atoms with Crippen LogP contribution in [0.3, 0.4) is 0 Å². The van der Waals surface area contributed by atoms with Gasteiger partial charge in [-0.15, -0.1) is 0 Å². The first kappa shape index (κ1) is 14.6. The van der Waals surface area contributed by atoms with E-state index in [-0.39, 0.29) is 0 Å². The normalized spacial score (nSPS) is 10.7. The number of benzene rings is 2. The van der Waals surface area contributed by atoms with Gasteiger partial charge in [-0.1, -0.05) is 16.8 Å². The van der Waals surface area contributed by atoms with Crippen LogP contribution in [0.4, 0.5) is 5.82 Å². The van der Waals surface area contributed by atoms with E-state index in [0.29, 0.717) is 5.82 Å². The Labute approximate surface area is 132 Å². The maximum absolute atomic E-state index is 5.38. The largest absolute Gasteiger partial charge is 0.497 e. The number of aryl methyl sites for hydroxylation is 1. The lowest BCUT2D eigenvalue weighted by atomic mass is 10.2. The maximum atomic E-state index is 5.38. The molecule has 1 heterocycles. The van der Waals surface area contributed by atoms with Crippen LogP contribution in [0.15, 0.2) is 45.8 Å². The number of anilines is 1. The summed E-state index contributed by atoms with van der Waals surface area (Å²) in [6, 6.07) is 11.6. The third kappa shape index (κ3) is 2.82. The summed E-state index contributed by atoms with van der Waals surface area (Å²) in [6.45, 7) is 2.04. The van der Waals surface area contributed by atoms with Crippen LogP contribution in [-0.4, -0.2) is 19.4 Å². The number of hydrogen-bond acceptors (Lipinski definition) is 6. The lowest BCUT2D eigenvalue weighted by Gasteiger charge is -2.09. The van der Waals surface area contributed by atoms with Gasteiger partial charge in [-0.25, -0.2) is 0 Å². The molecule has 0 unspecified atom stereocenters. The molecule has 6 heteroatoms. The Bertz CT molecular complexity index is 801. The Morgan fingerprint density at radius 3 is 2.73 bits per heavy atom. The first-order chi connectivity index (χ1) is 10.7. The van der Waals surface area contributed by atoms with Crippen molar-refractivity contribution >= 4 is 28.7 Å². The zero-order chi connectivity index (χ0) is 15.5. The molecule has 0 fully saturated rings. The third-order valence-corrected chi connectivity index (χ3v) is 4.11. The van der Waals surface area contributed by atoms with Crippen molar-refractivity contribution in [3.8, 4) is 11.5 Å². The van der Waals surface area contributed by atoms with Crippen molar-refractivity contribution in [3.05, 3.63) is 42.0 Å². The number of ether oxygens (including phenoxy) is 2. The average Bonchev–Trinajstić information content (AvgIpc) is 2.95. The zero-order valence-corrected chi connectivity index (χ0v) is 13.4. The Kier molecular flexibility index (Phi) is 4.11. The van der Waals surface area contributed by atoms with Crippen LogP contribution in [0.2, 0.25) is 0 Å². The minimum atomic E-state index is 0.696. The monoisotopic (exact) mass is 316 g/mol. The smallest absolute Gasteiger partial charge is 0.187 e. The molecule has 0 aliphatic carbocycles. The van der Waals surface area contributed by atoms with E-state index < -0.39 is 0 Å². The van der Waals surface area contributed by atoms with Gasteiger partial charge in [0.2, 0.25) is 0 Å². The fourth-order valence-electron chi connectivity index (χ4n) is 2.09. The van der Waals surface area contributed by atoms with Gasteiger partial charge in [0, 0.05) is 6.07 Å². The number of nitrogens with zero attached hydrogens (tertiary/aromatic N) is 1. The van der Waals surface area contributed by atoms with Gasteiger partial charge in [0.05, 0.1) is 24.5 Å². The second kappa shape index (κ2) is 6.19. The Morgan fingerprint density at radius 1 is 1.09 bits per heavy atom. The molecule has 1 N–H and O–H groups in total. The molecule has 0 spiro atoms. The molecular weight excluding hydrogens is 300 g/mol. The molecule has 1 aromatic heterocycles. The number of nitrogens with one attached hydrogen (secondary N) is 1. The van der Waals surface area contributed by atoms with Crippen molar-refractivity contribution in [3.63, 3.8) is 0 Å². The summed E-state index contributed by atoms with van der Waals surface area (Å²) in [5, 5.41) is 5.03. The molecule has 2 aromatic carbocycles. The van der Waals surface area contributed by atoms with E-state index in [4.69, 9.17) is 14.0 Å². The first-order valence-electron chi connectivity index (χ1n) is 6.72. The van der Waals surface area contributed by atoms with E-state index in [9.17, 15) is 0 Å². The standard InChI is InChI=1S/C16H16N2O3S/c1-10-4-6-13-12(8-10)16(17-21-13)18-22-15-7-5-11(19-2)9-14(15)20-3/h4-9H,1-3H3,(H,17,18).